The zero-order chi connectivity index (χ0) is 13.7. The van der Waals surface area contributed by atoms with E-state index in [-0.39, 0.29) is 0 Å². The number of hydrogen-bond acceptors (Lipinski definition) is 3. The molecule has 1 aromatic carbocycles. The number of para-hydroxylation sites is 1. The number of hydrogen-bond donors (Lipinski definition) is 1. The zero-order valence-electron chi connectivity index (χ0n) is 12.1. The number of benzene rings is 1. The Hall–Kier alpha value is -1.32. The van der Waals surface area contributed by atoms with Crippen molar-refractivity contribution in [3.05, 3.63) is 41.5 Å². The fourth-order valence-electron chi connectivity index (χ4n) is 2.54. The van der Waals surface area contributed by atoms with Gasteiger partial charge < -0.3 is 15.0 Å². The highest BCUT2D eigenvalue weighted by atomic mass is 16.5. The van der Waals surface area contributed by atoms with Crippen LogP contribution in [0.1, 0.15) is 24.9 Å². The van der Waals surface area contributed by atoms with E-state index in [0.717, 1.165) is 26.1 Å². The van der Waals surface area contributed by atoms with E-state index in [1.54, 1.807) is 7.11 Å². The van der Waals surface area contributed by atoms with Gasteiger partial charge in [0.2, 0.25) is 0 Å². The predicted molar refractivity (Wildman–Crippen MR) is 80.7 cm³/mol. The summed E-state index contributed by atoms with van der Waals surface area (Å²) in [5.41, 5.74) is 4.13. The zero-order valence-corrected chi connectivity index (χ0v) is 12.1. The standard InChI is InChI=1S/C16H24N2O/c1-13(17-2)15-6-4-5-7-16(15)18-10-8-14(9-11-18)12-19-3/h4-8,13,17H,9-12H2,1-3H3. The van der Waals surface area contributed by atoms with Gasteiger partial charge in [0.05, 0.1) is 6.61 Å². The van der Waals surface area contributed by atoms with Crippen LogP contribution in [0, 0.1) is 0 Å². The molecule has 0 saturated heterocycles. The van der Waals surface area contributed by atoms with E-state index in [2.05, 4.69) is 47.5 Å². The second kappa shape index (κ2) is 6.73. The van der Waals surface area contributed by atoms with Crippen molar-refractivity contribution in [2.24, 2.45) is 0 Å². The molecular formula is C16H24N2O. The fraction of sp³-hybridized carbons (Fsp3) is 0.500. The molecule has 1 atom stereocenters. The Bertz CT molecular complexity index is 442. The first-order valence-electron chi connectivity index (χ1n) is 6.94. The van der Waals surface area contributed by atoms with Crippen LogP contribution in [0.5, 0.6) is 0 Å². The average molecular weight is 260 g/mol. The summed E-state index contributed by atoms with van der Waals surface area (Å²) < 4.78 is 5.20. The topological polar surface area (TPSA) is 24.5 Å². The highest BCUT2D eigenvalue weighted by molar-refractivity contribution is 5.56. The molecule has 0 aliphatic carbocycles. The maximum atomic E-state index is 5.20. The molecular weight excluding hydrogens is 236 g/mol. The fourth-order valence-corrected chi connectivity index (χ4v) is 2.54. The molecule has 0 aromatic heterocycles. The van der Waals surface area contributed by atoms with Gasteiger partial charge in [0.15, 0.2) is 0 Å². The van der Waals surface area contributed by atoms with E-state index in [9.17, 15) is 0 Å². The van der Waals surface area contributed by atoms with Gasteiger partial charge in [-0.2, -0.15) is 0 Å². The van der Waals surface area contributed by atoms with Crippen molar-refractivity contribution in [2.75, 3.05) is 38.8 Å². The Morgan fingerprint density at radius 2 is 2.16 bits per heavy atom. The summed E-state index contributed by atoms with van der Waals surface area (Å²) in [6.45, 7) is 5.02. The second-order valence-corrected chi connectivity index (χ2v) is 5.06. The Labute approximate surface area is 116 Å². The van der Waals surface area contributed by atoms with Gasteiger partial charge in [0, 0.05) is 31.9 Å². The van der Waals surface area contributed by atoms with Gasteiger partial charge in [-0.15, -0.1) is 0 Å². The van der Waals surface area contributed by atoms with Crippen LogP contribution in [0.4, 0.5) is 5.69 Å². The molecule has 1 aromatic rings. The summed E-state index contributed by atoms with van der Waals surface area (Å²) in [5.74, 6) is 0. The van der Waals surface area contributed by atoms with Crippen LogP contribution in [0.3, 0.4) is 0 Å². The van der Waals surface area contributed by atoms with Crippen LogP contribution in [-0.2, 0) is 4.74 Å². The van der Waals surface area contributed by atoms with Crippen LogP contribution in [0.2, 0.25) is 0 Å². The summed E-state index contributed by atoms with van der Waals surface area (Å²) in [5, 5.41) is 3.33. The molecule has 104 valence electrons. The SMILES string of the molecule is CNC(C)c1ccccc1N1CC=C(COC)CC1. The second-order valence-electron chi connectivity index (χ2n) is 5.06. The number of nitrogens with zero attached hydrogens (tertiary/aromatic N) is 1. The lowest BCUT2D eigenvalue weighted by atomic mass is 10.0. The van der Waals surface area contributed by atoms with E-state index in [4.69, 9.17) is 4.74 Å². The minimum absolute atomic E-state index is 0.376. The third-order valence-corrected chi connectivity index (χ3v) is 3.81. The molecule has 0 fully saturated rings. The normalized spacial score (nSPS) is 17.2. The summed E-state index contributed by atoms with van der Waals surface area (Å²) in [4.78, 5) is 2.45. The summed E-state index contributed by atoms with van der Waals surface area (Å²) >= 11 is 0. The molecule has 2 rings (SSSR count). The summed E-state index contributed by atoms with van der Waals surface area (Å²) in [6, 6.07) is 9.04. The van der Waals surface area contributed by atoms with Crippen LogP contribution < -0.4 is 10.2 Å². The highest BCUT2D eigenvalue weighted by Gasteiger charge is 2.16. The summed E-state index contributed by atoms with van der Waals surface area (Å²) in [6.07, 6.45) is 3.39. The van der Waals surface area contributed by atoms with Crippen molar-refractivity contribution >= 4 is 5.69 Å². The Morgan fingerprint density at radius 3 is 2.79 bits per heavy atom. The van der Waals surface area contributed by atoms with Gasteiger partial charge in [0.1, 0.15) is 0 Å². The van der Waals surface area contributed by atoms with E-state index in [1.807, 2.05) is 7.05 Å². The molecule has 0 saturated carbocycles. The number of anilines is 1. The Kier molecular flexibility index (Phi) is 5.00. The van der Waals surface area contributed by atoms with Crippen LogP contribution in [0.15, 0.2) is 35.9 Å². The molecule has 19 heavy (non-hydrogen) atoms. The van der Waals surface area contributed by atoms with Gasteiger partial charge in [-0.1, -0.05) is 24.3 Å². The average Bonchev–Trinajstić information content (AvgIpc) is 2.47. The minimum Gasteiger partial charge on any atom is -0.380 e. The number of rotatable bonds is 5. The van der Waals surface area contributed by atoms with E-state index in [0.29, 0.717) is 6.04 Å². The van der Waals surface area contributed by atoms with Crippen molar-refractivity contribution in [1.29, 1.82) is 0 Å². The van der Waals surface area contributed by atoms with Crippen LogP contribution >= 0.6 is 0 Å². The van der Waals surface area contributed by atoms with Gasteiger partial charge in [-0.05, 0) is 37.6 Å². The lowest BCUT2D eigenvalue weighted by molar-refractivity contribution is 0.222. The van der Waals surface area contributed by atoms with Crippen LogP contribution in [-0.4, -0.2) is 33.9 Å². The number of methoxy groups -OCH3 is 1. The van der Waals surface area contributed by atoms with Crippen molar-refractivity contribution < 1.29 is 4.74 Å². The molecule has 0 bridgehead atoms. The maximum absolute atomic E-state index is 5.20. The number of ether oxygens (including phenoxy) is 1. The Morgan fingerprint density at radius 1 is 1.37 bits per heavy atom. The molecule has 0 spiro atoms. The molecule has 0 radical (unpaired) electrons. The van der Waals surface area contributed by atoms with Crippen molar-refractivity contribution in [1.82, 2.24) is 5.32 Å². The Balaban J connectivity index is 2.15. The number of nitrogens with one attached hydrogen (secondary N) is 1. The highest BCUT2D eigenvalue weighted by Crippen LogP contribution is 2.28. The van der Waals surface area contributed by atoms with Gasteiger partial charge in [-0.3, -0.25) is 0 Å². The molecule has 1 N–H and O–H groups in total. The molecule has 1 heterocycles. The maximum Gasteiger partial charge on any atom is 0.0674 e. The largest absolute Gasteiger partial charge is 0.380 e. The molecule has 3 nitrogen and oxygen atoms in total. The first kappa shape index (κ1) is 14.1. The molecule has 1 aliphatic heterocycles. The first-order chi connectivity index (χ1) is 9.26. The van der Waals surface area contributed by atoms with E-state index in [1.165, 1.54) is 16.8 Å². The molecule has 3 heteroatoms. The van der Waals surface area contributed by atoms with Gasteiger partial charge in [-0.25, -0.2) is 0 Å². The van der Waals surface area contributed by atoms with Gasteiger partial charge >= 0.3 is 0 Å². The van der Waals surface area contributed by atoms with Crippen molar-refractivity contribution in [2.45, 2.75) is 19.4 Å². The third-order valence-electron chi connectivity index (χ3n) is 3.81. The van der Waals surface area contributed by atoms with Crippen LogP contribution in [0.25, 0.3) is 0 Å². The first-order valence-corrected chi connectivity index (χ1v) is 6.94. The third kappa shape index (κ3) is 3.37. The summed E-state index contributed by atoms with van der Waals surface area (Å²) in [7, 11) is 3.77. The van der Waals surface area contributed by atoms with Crippen molar-refractivity contribution in [3.8, 4) is 0 Å². The lowest BCUT2D eigenvalue weighted by Gasteiger charge is -2.31. The van der Waals surface area contributed by atoms with Gasteiger partial charge in [0.25, 0.3) is 0 Å². The molecule has 1 unspecified atom stereocenters. The van der Waals surface area contributed by atoms with Crippen molar-refractivity contribution in [3.63, 3.8) is 0 Å². The lowest BCUT2D eigenvalue weighted by Crippen LogP contribution is -2.31. The molecule has 0 amide bonds. The predicted octanol–water partition coefficient (Wildman–Crippen LogP) is 2.75. The minimum atomic E-state index is 0.376. The van der Waals surface area contributed by atoms with E-state index >= 15 is 0 Å². The monoisotopic (exact) mass is 260 g/mol. The molecule has 1 aliphatic rings. The van der Waals surface area contributed by atoms with E-state index < -0.39 is 0 Å². The smallest absolute Gasteiger partial charge is 0.0674 e. The quantitative estimate of drug-likeness (QED) is 0.824.